The van der Waals surface area contributed by atoms with Gasteiger partial charge in [-0.05, 0) is 42.5 Å². The molecule has 2 aromatic carbocycles. The first-order valence-corrected chi connectivity index (χ1v) is 8.22. The SMILES string of the molecule is NC(=O)CCN(C(=O)COC(=O)c1cc(Cl)ccc1N)c1ccc(F)cc1. The summed E-state index contributed by atoms with van der Waals surface area (Å²) >= 11 is 5.82. The first kappa shape index (κ1) is 20.2. The number of halogens is 2. The highest BCUT2D eigenvalue weighted by molar-refractivity contribution is 6.31. The molecule has 9 heteroatoms. The Kier molecular flexibility index (Phi) is 6.73. The van der Waals surface area contributed by atoms with E-state index in [1.165, 1.54) is 47.4 Å². The van der Waals surface area contributed by atoms with Crippen molar-refractivity contribution in [3.8, 4) is 0 Å². The van der Waals surface area contributed by atoms with Crippen molar-refractivity contribution in [2.75, 3.05) is 23.8 Å². The molecular weight excluding hydrogens is 377 g/mol. The first-order valence-electron chi connectivity index (χ1n) is 7.84. The summed E-state index contributed by atoms with van der Waals surface area (Å²) < 4.78 is 18.1. The third-order valence-electron chi connectivity index (χ3n) is 3.58. The smallest absolute Gasteiger partial charge is 0.340 e. The van der Waals surface area contributed by atoms with Gasteiger partial charge in [-0.1, -0.05) is 11.6 Å². The van der Waals surface area contributed by atoms with Crippen molar-refractivity contribution >= 4 is 40.8 Å². The minimum absolute atomic E-state index is 0.0285. The molecule has 0 aromatic heterocycles. The molecule has 0 aliphatic heterocycles. The van der Waals surface area contributed by atoms with Gasteiger partial charge >= 0.3 is 5.97 Å². The van der Waals surface area contributed by atoms with E-state index in [4.69, 9.17) is 27.8 Å². The summed E-state index contributed by atoms with van der Waals surface area (Å²) in [6.45, 7) is -0.655. The van der Waals surface area contributed by atoms with Crippen LogP contribution in [0, 0.1) is 5.82 Å². The van der Waals surface area contributed by atoms with Gasteiger partial charge in [0, 0.05) is 29.4 Å². The number of hydrogen-bond acceptors (Lipinski definition) is 5. The number of esters is 1. The van der Waals surface area contributed by atoms with E-state index in [9.17, 15) is 18.8 Å². The topological polar surface area (TPSA) is 116 Å². The second-order valence-corrected chi connectivity index (χ2v) is 5.98. The molecule has 4 N–H and O–H groups in total. The Bertz CT molecular complexity index is 858. The highest BCUT2D eigenvalue weighted by atomic mass is 35.5. The van der Waals surface area contributed by atoms with Gasteiger partial charge in [-0.3, -0.25) is 9.59 Å². The maximum absolute atomic E-state index is 13.1. The Morgan fingerprint density at radius 1 is 1.11 bits per heavy atom. The second-order valence-electron chi connectivity index (χ2n) is 5.55. The largest absolute Gasteiger partial charge is 0.452 e. The third kappa shape index (κ3) is 5.68. The third-order valence-corrected chi connectivity index (χ3v) is 3.82. The van der Waals surface area contributed by atoms with Crippen LogP contribution >= 0.6 is 11.6 Å². The quantitative estimate of drug-likeness (QED) is 0.552. The van der Waals surface area contributed by atoms with Crippen molar-refractivity contribution < 1.29 is 23.5 Å². The molecule has 0 saturated carbocycles. The zero-order chi connectivity index (χ0) is 20.0. The highest BCUT2D eigenvalue weighted by Gasteiger charge is 2.20. The molecule has 0 radical (unpaired) electrons. The van der Waals surface area contributed by atoms with Crippen LogP contribution in [0.4, 0.5) is 15.8 Å². The monoisotopic (exact) mass is 393 g/mol. The van der Waals surface area contributed by atoms with Crippen LogP contribution in [0.1, 0.15) is 16.8 Å². The lowest BCUT2D eigenvalue weighted by Crippen LogP contribution is -2.37. The van der Waals surface area contributed by atoms with Crippen LogP contribution in [0.15, 0.2) is 42.5 Å². The Labute approximate surface area is 159 Å². The van der Waals surface area contributed by atoms with Crippen molar-refractivity contribution in [2.24, 2.45) is 5.73 Å². The van der Waals surface area contributed by atoms with Gasteiger partial charge in [-0.15, -0.1) is 0 Å². The van der Waals surface area contributed by atoms with Crippen LogP contribution in [0.2, 0.25) is 5.02 Å². The van der Waals surface area contributed by atoms with E-state index in [-0.39, 0.29) is 29.2 Å². The summed E-state index contributed by atoms with van der Waals surface area (Å²) in [6.07, 6.45) is -0.113. The summed E-state index contributed by atoms with van der Waals surface area (Å²) in [4.78, 5) is 36.8. The van der Waals surface area contributed by atoms with Crippen LogP contribution in [0.25, 0.3) is 0 Å². The van der Waals surface area contributed by atoms with Crippen LogP contribution < -0.4 is 16.4 Å². The minimum atomic E-state index is -0.822. The Balaban J connectivity index is 2.10. The van der Waals surface area contributed by atoms with Crippen LogP contribution in [-0.2, 0) is 14.3 Å². The van der Waals surface area contributed by atoms with E-state index in [0.29, 0.717) is 5.69 Å². The van der Waals surface area contributed by atoms with Crippen LogP contribution in [-0.4, -0.2) is 30.9 Å². The molecule has 27 heavy (non-hydrogen) atoms. The van der Waals surface area contributed by atoms with E-state index in [1.807, 2.05) is 0 Å². The lowest BCUT2D eigenvalue weighted by molar-refractivity contribution is -0.121. The number of carbonyl (C=O) groups excluding carboxylic acids is 3. The van der Waals surface area contributed by atoms with Gasteiger partial charge in [0.1, 0.15) is 5.82 Å². The number of ether oxygens (including phenoxy) is 1. The number of hydrogen-bond donors (Lipinski definition) is 2. The number of primary amides is 1. The van der Waals surface area contributed by atoms with Gasteiger partial charge in [0.15, 0.2) is 6.61 Å². The molecule has 0 spiro atoms. The Morgan fingerprint density at radius 2 is 1.78 bits per heavy atom. The Morgan fingerprint density at radius 3 is 2.41 bits per heavy atom. The molecule has 0 aliphatic carbocycles. The van der Waals surface area contributed by atoms with E-state index < -0.39 is 30.2 Å². The first-order chi connectivity index (χ1) is 12.8. The minimum Gasteiger partial charge on any atom is -0.452 e. The van der Waals surface area contributed by atoms with Gasteiger partial charge in [-0.25, -0.2) is 9.18 Å². The number of amides is 2. The van der Waals surface area contributed by atoms with E-state index in [0.717, 1.165) is 0 Å². The number of anilines is 2. The van der Waals surface area contributed by atoms with Gasteiger partial charge in [0.2, 0.25) is 5.91 Å². The molecule has 0 unspecified atom stereocenters. The van der Waals surface area contributed by atoms with Gasteiger partial charge in [0.25, 0.3) is 5.91 Å². The maximum atomic E-state index is 13.1. The summed E-state index contributed by atoms with van der Waals surface area (Å²) in [5, 5.41) is 0.289. The van der Waals surface area contributed by atoms with Crippen molar-refractivity contribution in [1.82, 2.24) is 0 Å². The number of nitrogens with two attached hydrogens (primary N) is 2. The summed E-state index contributed by atoms with van der Waals surface area (Å²) in [5.74, 6) is -2.53. The number of rotatable bonds is 7. The van der Waals surface area contributed by atoms with Crippen LogP contribution in [0.3, 0.4) is 0 Å². The zero-order valence-corrected chi connectivity index (χ0v) is 14.9. The number of nitrogens with zero attached hydrogens (tertiary/aromatic N) is 1. The fraction of sp³-hybridized carbons (Fsp3) is 0.167. The molecule has 0 bridgehead atoms. The Hall–Kier alpha value is -3.13. The second kappa shape index (κ2) is 9.00. The summed E-state index contributed by atoms with van der Waals surface area (Å²) in [6, 6.07) is 9.35. The van der Waals surface area contributed by atoms with E-state index in [1.54, 1.807) is 0 Å². The average molecular weight is 394 g/mol. The van der Waals surface area contributed by atoms with Gasteiger partial charge < -0.3 is 21.1 Å². The molecule has 7 nitrogen and oxygen atoms in total. The lowest BCUT2D eigenvalue weighted by Gasteiger charge is -2.22. The molecule has 0 aliphatic rings. The van der Waals surface area contributed by atoms with Gasteiger partial charge in [-0.2, -0.15) is 0 Å². The highest BCUT2D eigenvalue weighted by Crippen LogP contribution is 2.19. The fourth-order valence-corrected chi connectivity index (χ4v) is 2.40. The molecule has 0 atom stereocenters. The zero-order valence-electron chi connectivity index (χ0n) is 14.2. The summed E-state index contributed by atoms with van der Waals surface area (Å²) in [5.41, 5.74) is 11.3. The van der Waals surface area contributed by atoms with Crippen LogP contribution in [0.5, 0.6) is 0 Å². The maximum Gasteiger partial charge on any atom is 0.340 e. The lowest BCUT2D eigenvalue weighted by atomic mass is 10.2. The van der Waals surface area contributed by atoms with Gasteiger partial charge in [0.05, 0.1) is 5.56 Å². The molecule has 0 saturated heterocycles. The molecular formula is C18H17ClFN3O4. The normalized spacial score (nSPS) is 10.3. The average Bonchev–Trinajstić information content (AvgIpc) is 2.63. The number of carbonyl (C=O) groups is 3. The molecule has 142 valence electrons. The fourth-order valence-electron chi connectivity index (χ4n) is 2.23. The standard InChI is InChI=1S/C18H17ClFN3O4/c19-11-1-6-15(21)14(9-11)18(26)27-10-17(25)23(8-7-16(22)24)13-4-2-12(20)3-5-13/h1-6,9H,7-8,10,21H2,(H2,22,24). The predicted octanol–water partition coefficient (Wildman–Crippen LogP) is 2.13. The van der Waals surface area contributed by atoms with E-state index in [2.05, 4.69) is 0 Å². The molecule has 0 heterocycles. The van der Waals surface area contributed by atoms with Crippen molar-refractivity contribution in [1.29, 1.82) is 0 Å². The molecule has 2 amide bonds. The predicted molar refractivity (Wildman–Crippen MR) is 98.7 cm³/mol. The number of nitrogen functional groups attached to an aromatic ring is 1. The van der Waals surface area contributed by atoms with Crippen molar-refractivity contribution in [3.05, 3.63) is 58.9 Å². The molecule has 0 fully saturated rings. The van der Waals surface area contributed by atoms with E-state index >= 15 is 0 Å². The van der Waals surface area contributed by atoms with Crippen molar-refractivity contribution in [3.63, 3.8) is 0 Å². The summed E-state index contributed by atoms with van der Waals surface area (Å²) in [7, 11) is 0. The molecule has 2 aromatic rings. The molecule has 2 rings (SSSR count). The number of benzene rings is 2. The van der Waals surface area contributed by atoms with Crippen molar-refractivity contribution in [2.45, 2.75) is 6.42 Å².